The smallest absolute Gasteiger partial charge is 0.425 e. The molecule has 2 aliphatic heterocycles. The summed E-state index contributed by atoms with van der Waals surface area (Å²) in [6.07, 6.45) is -8.11. The number of hydrogen-bond donors (Lipinski definition) is 0. The number of halogens is 7. The van der Waals surface area contributed by atoms with Crippen LogP contribution in [-0.2, 0) is 45.9 Å². The van der Waals surface area contributed by atoms with Gasteiger partial charge in [-0.15, -0.1) is 0 Å². The molecule has 0 radical (unpaired) electrons. The number of alkyl halides is 6. The van der Waals surface area contributed by atoms with Crippen LogP contribution in [-0.4, -0.2) is 85.3 Å². The molecule has 1 aromatic heterocycles. The minimum absolute atomic E-state index is 0.167. The van der Waals surface area contributed by atoms with E-state index in [1.54, 1.807) is 10.9 Å². The number of rotatable bonds is 9. The van der Waals surface area contributed by atoms with Crippen molar-refractivity contribution in [2.75, 3.05) is 12.5 Å². The molecule has 63 heavy (non-hydrogen) atoms. The van der Waals surface area contributed by atoms with Crippen LogP contribution in [0.5, 0.6) is 11.5 Å². The van der Waals surface area contributed by atoms with Crippen LogP contribution in [0.15, 0.2) is 95.0 Å². The topological polar surface area (TPSA) is 145 Å². The molecule has 0 unspecified atom stereocenters. The Balaban J connectivity index is 0.000000213. The van der Waals surface area contributed by atoms with Gasteiger partial charge < -0.3 is 19.3 Å². The SMILES string of the molecule is C[C@H](Oc1ccc(S(C)(=O)=O)cc1C(=O)N1Cc2ccc(I)cc2C1)C(F)(F)F.Cc1cnn(-c2ccc3c(c2)CN(C(=O)c2cc(S(C)(=O)=O)ccc2O[C@@H](C)C(F)(F)F)C3)c1. The second kappa shape index (κ2) is 17.8. The predicted molar refractivity (Wildman–Crippen MR) is 226 cm³/mol. The minimum atomic E-state index is -4.65. The molecule has 3 heterocycles. The fourth-order valence-electron chi connectivity index (χ4n) is 6.60. The summed E-state index contributed by atoms with van der Waals surface area (Å²) in [6, 6.07) is 17.9. The lowest BCUT2D eigenvalue weighted by Crippen LogP contribution is -2.32. The first-order valence-electron chi connectivity index (χ1n) is 18.8. The van der Waals surface area contributed by atoms with E-state index in [1.165, 1.54) is 9.80 Å². The Hall–Kier alpha value is -5.16. The van der Waals surface area contributed by atoms with Gasteiger partial charge in [-0.1, -0.05) is 12.1 Å². The molecule has 2 aliphatic rings. The summed E-state index contributed by atoms with van der Waals surface area (Å²) in [5, 5.41) is 4.28. The Morgan fingerprint density at radius 3 is 1.49 bits per heavy atom. The number of nitrogens with zero attached hydrogens (tertiary/aromatic N) is 4. The van der Waals surface area contributed by atoms with E-state index >= 15 is 0 Å². The summed E-state index contributed by atoms with van der Waals surface area (Å²) in [7, 11) is -7.37. The molecule has 7 rings (SSSR count). The van der Waals surface area contributed by atoms with E-state index < -0.39 is 56.0 Å². The van der Waals surface area contributed by atoms with Crippen LogP contribution in [0.1, 0.15) is 62.4 Å². The fourth-order valence-corrected chi connectivity index (χ4v) is 8.45. The van der Waals surface area contributed by atoms with Gasteiger partial charge in [-0.05, 0) is 132 Å². The number of carbonyl (C=O) groups excluding carboxylic acids is 2. The lowest BCUT2D eigenvalue weighted by atomic mass is 10.1. The molecule has 2 atom stereocenters. The van der Waals surface area contributed by atoms with Crippen LogP contribution in [0, 0.1) is 10.5 Å². The lowest BCUT2D eigenvalue weighted by Gasteiger charge is -2.22. The van der Waals surface area contributed by atoms with E-state index in [9.17, 15) is 52.8 Å². The van der Waals surface area contributed by atoms with Crippen molar-refractivity contribution in [2.24, 2.45) is 0 Å². The molecule has 0 spiro atoms. The summed E-state index contributed by atoms with van der Waals surface area (Å²) in [6.45, 7) is 4.56. The van der Waals surface area contributed by atoms with Gasteiger partial charge in [-0.2, -0.15) is 31.4 Å². The molecule has 0 fully saturated rings. The van der Waals surface area contributed by atoms with Crippen LogP contribution in [0.25, 0.3) is 5.69 Å². The second-order valence-corrected chi connectivity index (χ2v) is 20.4. The highest BCUT2D eigenvalue weighted by Crippen LogP contribution is 2.35. The third kappa shape index (κ3) is 11.1. The highest BCUT2D eigenvalue weighted by molar-refractivity contribution is 14.1. The lowest BCUT2D eigenvalue weighted by molar-refractivity contribution is -0.189. The number of aromatic nitrogens is 2. The van der Waals surface area contributed by atoms with E-state index in [4.69, 9.17) is 9.47 Å². The van der Waals surface area contributed by atoms with Gasteiger partial charge in [0, 0.05) is 48.5 Å². The highest BCUT2D eigenvalue weighted by Gasteiger charge is 2.40. The van der Waals surface area contributed by atoms with Crippen LogP contribution < -0.4 is 9.47 Å². The summed E-state index contributed by atoms with van der Waals surface area (Å²) in [4.78, 5) is 29.0. The van der Waals surface area contributed by atoms with Crippen molar-refractivity contribution in [1.29, 1.82) is 0 Å². The van der Waals surface area contributed by atoms with Gasteiger partial charge in [-0.25, -0.2) is 21.5 Å². The van der Waals surface area contributed by atoms with E-state index in [-0.39, 0.29) is 58.6 Å². The second-order valence-electron chi connectivity index (χ2n) is 15.1. The molecule has 0 bridgehead atoms. The van der Waals surface area contributed by atoms with E-state index in [2.05, 4.69) is 27.7 Å². The van der Waals surface area contributed by atoms with E-state index in [1.807, 2.05) is 49.5 Å². The van der Waals surface area contributed by atoms with Gasteiger partial charge in [-0.3, -0.25) is 9.59 Å². The first-order chi connectivity index (χ1) is 29.2. The molecule has 0 aliphatic carbocycles. The first kappa shape index (κ1) is 47.3. The zero-order valence-electron chi connectivity index (χ0n) is 34.1. The molecule has 0 saturated carbocycles. The van der Waals surface area contributed by atoms with Gasteiger partial charge in [0.25, 0.3) is 11.8 Å². The van der Waals surface area contributed by atoms with Crippen molar-refractivity contribution in [1.82, 2.24) is 19.6 Å². The summed E-state index contributed by atoms with van der Waals surface area (Å²) in [5.41, 5.74) is 4.96. The molecule has 2 amide bonds. The molecule has 4 aromatic carbocycles. The van der Waals surface area contributed by atoms with Gasteiger partial charge in [0.1, 0.15) is 11.5 Å². The number of hydrogen-bond acceptors (Lipinski definition) is 9. The molecule has 5 aromatic rings. The maximum absolute atomic E-state index is 13.4. The number of amides is 2. The largest absolute Gasteiger partial charge is 0.480 e. The molecule has 0 N–H and O–H groups in total. The number of benzene rings is 4. The molecule has 0 saturated heterocycles. The van der Waals surface area contributed by atoms with E-state index in [0.717, 1.165) is 99.8 Å². The molecule has 21 heteroatoms. The predicted octanol–water partition coefficient (Wildman–Crippen LogP) is 8.25. The summed E-state index contributed by atoms with van der Waals surface area (Å²) < 4.78 is 139. The Bertz CT molecular complexity index is 2810. The summed E-state index contributed by atoms with van der Waals surface area (Å²) >= 11 is 2.15. The maximum atomic E-state index is 13.4. The fraction of sp³-hybridized carbons (Fsp3) is 0.310. The average molecular weight is 1030 g/mol. The number of carbonyl (C=O) groups is 2. The van der Waals surface area contributed by atoms with Crippen molar-refractivity contribution in [2.45, 2.75) is 81.3 Å². The van der Waals surface area contributed by atoms with Gasteiger partial charge in [0.15, 0.2) is 31.9 Å². The normalized spacial score (nSPS) is 14.9. The Labute approximate surface area is 372 Å². The van der Waals surface area contributed by atoms with Crippen LogP contribution in [0.4, 0.5) is 26.3 Å². The third-order valence-electron chi connectivity index (χ3n) is 10.1. The zero-order valence-corrected chi connectivity index (χ0v) is 37.9. The number of fused-ring (bicyclic) bond motifs is 2. The van der Waals surface area contributed by atoms with E-state index in [0.29, 0.717) is 0 Å². The number of sulfone groups is 2. The van der Waals surface area contributed by atoms with Crippen molar-refractivity contribution < 1.29 is 62.2 Å². The molecular formula is C42H39F6IN4O8S2. The molecular weight excluding hydrogens is 994 g/mol. The van der Waals surface area contributed by atoms with Gasteiger partial charge >= 0.3 is 12.4 Å². The Kier molecular flexibility index (Phi) is 13.4. The monoisotopic (exact) mass is 1030 g/mol. The zero-order chi connectivity index (χ0) is 46.4. The molecule has 336 valence electrons. The maximum Gasteiger partial charge on any atom is 0.425 e. The number of ether oxygens (including phenoxy) is 2. The first-order valence-corrected chi connectivity index (χ1v) is 23.7. The highest BCUT2D eigenvalue weighted by atomic mass is 127. The van der Waals surface area contributed by atoms with Gasteiger partial charge in [0.2, 0.25) is 0 Å². The van der Waals surface area contributed by atoms with Crippen LogP contribution in [0.3, 0.4) is 0 Å². The summed E-state index contributed by atoms with van der Waals surface area (Å²) in [5.74, 6) is -1.85. The quantitative estimate of drug-likeness (QED) is 0.105. The van der Waals surface area contributed by atoms with Gasteiger partial charge in [0.05, 0.1) is 32.8 Å². The van der Waals surface area contributed by atoms with Crippen molar-refractivity contribution in [3.8, 4) is 17.2 Å². The molecule has 12 nitrogen and oxygen atoms in total. The van der Waals surface area contributed by atoms with Crippen LogP contribution in [0.2, 0.25) is 0 Å². The standard InChI is InChI=1S/C23H22F3N3O4S.C19H17F3INO4S/c1-14-10-27-29(11-14)18-5-4-16-12-28(13-17(16)8-18)22(30)20-9-19(34(3,31)32)6-7-21(20)33-15(2)23(24,25)26;1-11(19(20,21)22)28-17-6-5-15(29(2,26)27)8-16(17)18(25)24-9-12-3-4-14(23)7-13(12)10-24/h4-11,15H,12-13H2,1-3H3;3-8,11H,9-10H2,1-2H3/t15-;11-/m00/s1. The minimum Gasteiger partial charge on any atom is -0.480 e. The Morgan fingerprint density at radius 1 is 0.651 bits per heavy atom. The number of aryl methyl sites for hydroxylation is 1. The van der Waals surface area contributed by atoms with Crippen LogP contribution >= 0.6 is 22.6 Å². The average Bonchev–Trinajstić information content (AvgIpc) is 3.94. The van der Waals surface area contributed by atoms with Crippen molar-refractivity contribution >= 4 is 54.1 Å². The van der Waals surface area contributed by atoms with Crippen molar-refractivity contribution in [3.05, 3.63) is 128 Å². The van der Waals surface area contributed by atoms with Crippen molar-refractivity contribution in [3.63, 3.8) is 0 Å². The Morgan fingerprint density at radius 2 is 1.08 bits per heavy atom. The third-order valence-corrected chi connectivity index (χ3v) is 13.0.